The lowest BCUT2D eigenvalue weighted by Gasteiger charge is -2.27. The van der Waals surface area contributed by atoms with Crippen LogP contribution in [0.4, 0.5) is 4.79 Å². The topological polar surface area (TPSA) is 75.7 Å². The fraction of sp³-hybridized carbons (Fsp3) is 0.917. The van der Waals surface area contributed by atoms with Crippen molar-refractivity contribution < 1.29 is 17.9 Å². The number of rotatable bonds is 3. The van der Waals surface area contributed by atoms with Crippen LogP contribution in [0.5, 0.6) is 0 Å². The van der Waals surface area contributed by atoms with Crippen molar-refractivity contribution in [2.75, 3.05) is 25.2 Å². The third-order valence-electron chi connectivity index (χ3n) is 3.95. The van der Waals surface area contributed by atoms with Crippen molar-refractivity contribution >= 4 is 15.9 Å². The molecule has 0 aromatic rings. The molecule has 0 spiro atoms. The van der Waals surface area contributed by atoms with E-state index in [1.165, 1.54) is 4.90 Å². The van der Waals surface area contributed by atoms with Crippen molar-refractivity contribution in [3.63, 3.8) is 0 Å². The molecule has 0 aromatic heterocycles. The highest BCUT2D eigenvalue weighted by molar-refractivity contribution is 7.91. The van der Waals surface area contributed by atoms with Crippen molar-refractivity contribution in [1.82, 2.24) is 10.2 Å². The van der Waals surface area contributed by atoms with Crippen LogP contribution in [0, 0.1) is 0 Å². The van der Waals surface area contributed by atoms with E-state index in [1.54, 1.807) is 7.05 Å². The number of sulfone groups is 1. The molecule has 3 atom stereocenters. The molecule has 2 aliphatic rings. The first-order chi connectivity index (χ1) is 8.89. The minimum Gasteiger partial charge on any atom is -0.376 e. The Morgan fingerprint density at radius 1 is 1.42 bits per heavy atom. The predicted molar refractivity (Wildman–Crippen MR) is 71.8 cm³/mol. The maximum atomic E-state index is 12.1. The molecule has 2 amide bonds. The summed E-state index contributed by atoms with van der Waals surface area (Å²) in [5, 5.41) is 2.89. The van der Waals surface area contributed by atoms with Crippen LogP contribution in [0.3, 0.4) is 0 Å². The van der Waals surface area contributed by atoms with Crippen LogP contribution in [0.15, 0.2) is 0 Å². The van der Waals surface area contributed by atoms with Crippen molar-refractivity contribution in [3.05, 3.63) is 0 Å². The second-order valence-corrected chi connectivity index (χ2v) is 7.69. The molecular formula is C12H22N2O4S. The average molecular weight is 290 g/mol. The smallest absolute Gasteiger partial charge is 0.317 e. The van der Waals surface area contributed by atoms with Crippen LogP contribution in [-0.2, 0) is 14.6 Å². The Morgan fingerprint density at radius 3 is 2.68 bits per heavy atom. The van der Waals surface area contributed by atoms with E-state index in [2.05, 4.69) is 5.32 Å². The molecule has 7 heteroatoms. The van der Waals surface area contributed by atoms with E-state index in [0.717, 1.165) is 19.4 Å². The van der Waals surface area contributed by atoms with Crippen molar-refractivity contribution in [1.29, 1.82) is 0 Å². The van der Waals surface area contributed by atoms with Gasteiger partial charge in [0.15, 0.2) is 9.84 Å². The minimum atomic E-state index is -2.96. The quantitative estimate of drug-likeness (QED) is 0.815. The fourth-order valence-corrected chi connectivity index (χ4v) is 4.41. The number of hydrogen-bond acceptors (Lipinski definition) is 4. The monoisotopic (exact) mass is 290 g/mol. The zero-order valence-electron chi connectivity index (χ0n) is 11.5. The Kier molecular flexibility index (Phi) is 4.35. The van der Waals surface area contributed by atoms with Gasteiger partial charge in [-0.05, 0) is 26.2 Å². The molecular weight excluding hydrogens is 268 g/mol. The van der Waals surface area contributed by atoms with Gasteiger partial charge >= 0.3 is 6.03 Å². The largest absolute Gasteiger partial charge is 0.376 e. The van der Waals surface area contributed by atoms with E-state index in [1.807, 2.05) is 6.92 Å². The molecule has 0 unspecified atom stereocenters. The Bertz CT molecular complexity index is 431. The Hall–Kier alpha value is -0.820. The summed E-state index contributed by atoms with van der Waals surface area (Å²) < 4.78 is 28.4. The number of hydrogen-bond donors (Lipinski definition) is 1. The molecule has 2 rings (SSSR count). The van der Waals surface area contributed by atoms with Gasteiger partial charge in [-0.25, -0.2) is 13.2 Å². The van der Waals surface area contributed by atoms with Crippen molar-refractivity contribution in [2.45, 2.75) is 44.4 Å². The van der Waals surface area contributed by atoms with Gasteiger partial charge in [0.25, 0.3) is 0 Å². The SMILES string of the molecule is C[C@H](NC(=O)N(C)[C@@H]1CCS(=O)(=O)C1)[C@@H]1CCCO1. The Balaban J connectivity index is 1.85. The number of carbonyl (C=O) groups excluding carboxylic acids is 1. The average Bonchev–Trinajstić information content (AvgIpc) is 2.96. The first-order valence-electron chi connectivity index (χ1n) is 6.74. The molecule has 0 radical (unpaired) electrons. The van der Waals surface area contributed by atoms with Gasteiger partial charge in [-0.3, -0.25) is 0 Å². The predicted octanol–water partition coefficient (Wildman–Crippen LogP) is 0.382. The highest BCUT2D eigenvalue weighted by Crippen LogP contribution is 2.18. The molecule has 0 aliphatic carbocycles. The molecule has 2 heterocycles. The van der Waals surface area contributed by atoms with Crippen LogP contribution >= 0.6 is 0 Å². The molecule has 0 saturated carbocycles. The maximum Gasteiger partial charge on any atom is 0.317 e. The molecule has 0 bridgehead atoms. The molecule has 2 saturated heterocycles. The lowest BCUT2D eigenvalue weighted by atomic mass is 10.1. The molecule has 0 aromatic carbocycles. The van der Waals surface area contributed by atoms with Gasteiger partial charge < -0.3 is 15.0 Å². The zero-order chi connectivity index (χ0) is 14.0. The summed E-state index contributed by atoms with van der Waals surface area (Å²) in [5.74, 6) is 0.252. The number of ether oxygens (including phenoxy) is 1. The van der Waals surface area contributed by atoms with E-state index >= 15 is 0 Å². The highest BCUT2D eigenvalue weighted by Gasteiger charge is 2.33. The lowest BCUT2D eigenvalue weighted by molar-refractivity contribution is 0.0831. The lowest BCUT2D eigenvalue weighted by Crippen LogP contribution is -2.50. The summed E-state index contributed by atoms with van der Waals surface area (Å²) in [5.41, 5.74) is 0. The van der Waals surface area contributed by atoms with E-state index in [-0.39, 0.29) is 35.7 Å². The molecule has 2 fully saturated rings. The zero-order valence-corrected chi connectivity index (χ0v) is 12.3. The van der Waals surface area contributed by atoms with Crippen molar-refractivity contribution in [2.24, 2.45) is 0 Å². The first-order valence-corrected chi connectivity index (χ1v) is 8.56. The van der Waals surface area contributed by atoms with Gasteiger partial charge in [0, 0.05) is 19.7 Å². The second kappa shape index (κ2) is 5.66. The highest BCUT2D eigenvalue weighted by atomic mass is 32.2. The standard InChI is InChI=1S/C12H22N2O4S/c1-9(11-4-3-6-18-11)13-12(15)14(2)10-5-7-19(16,17)8-10/h9-11H,3-8H2,1-2H3,(H,13,15)/t9-,10+,11-/m0/s1. The molecule has 110 valence electrons. The third kappa shape index (κ3) is 3.60. The van der Waals surface area contributed by atoms with Crippen LogP contribution in [0.2, 0.25) is 0 Å². The van der Waals surface area contributed by atoms with Gasteiger partial charge in [0.2, 0.25) is 0 Å². The van der Waals surface area contributed by atoms with Crippen LogP contribution in [0.1, 0.15) is 26.2 Å². The van der Waals surface area contributed by atoms with Gasteiger partial charge in [-0.15, -0.1) is 0 Å². The molecule has 19 heavy (non-hydrogen) atoms. The third-order valence-corrected chi connectivity index (χ3v) is 5.70. The summed E-state index contributed by atoms with van der Waals surface area (Å²) in [6.45, 7) is 2.68. The maximum absolute atomic E-state index is 12.1. The van der Waals surface area contributed by atoms with Gasteiger partial charge in [-0.1, -0.05) is 0 Å². The summed E-state index contributed by atoms with van der Waals surface area (Å²) in [4.78, 5) is 13.6. The number of urea groups is 1. The Labute approximate surface area is 114 Å². The first kappa shape index (κ1) is 14.6. The summed E-state index contributed by atoms with van der Waals surface area (Å²) in [6, 6.07) is -0.470. The van der Waals surface area contributed by atoms with Crippen molar-refractivity contribution in [3.8, 4) is 0 Å². The van der Waals surface area contributed by atoms with E-state index < -0.39 is 9.84 Å². The number of amides is 2. The minimum absolute atomic E-state index is 0.0459. The fourth-order valence-electron chi connectivity index (χ4n) is 2.63. The van der Waals surface area contributed by atoms with Gasteiger partial charge in [0.1, 0.15) is 0 Å². The summed E-state index contributed by atoms with van der Waals surface area (Å²) in [7, 11) is -1.31. The molecule has 1 N–H and O–H groups in total. The second-order valence-electron chi connectivity index (χ2n) is 5.46. The summed E-state index contributed by atoms with van der Waals surface area (Å²) in [6.07, 6.45) is 2.59. The molecule has 2 aliphatic heterocycles. The number of nitrogens with zero attached hydrogens (tertiary/aromatic N) is 1. The van der Waals surface area contributed by atoms with E-state index in [4.69, 9.17) is 4.74 Å². The van der Waals surface area contributed by atoms with Crippen LogP contribution in [0.25, 0.3) is 0 Å². The van der Waals surface area contributed by atoms with Gasteiger partial charge in [0.05, 0.1) is 23.7 Å². The number of nitrogens with one attached hydrogen (secondary N) is 1. The van der Waals surface area contributed by atoms with Crippen LogP contribution < -0.4 is 5.32 Å². The Morgan fingerprint density at radius 2 is 2.16 bits per heavy atom. The number of carbonyl (C=O) groups is 1. The normalized spacial score (nSPS) is 31.1. The summed E-state index contributed by atoms with van der Waals surface area (Å²) >= 11 is 0. The van der Waals surface area contributed by atoms with E-state index in [9.17, 15) is 13.2 Å². The van der Waals surface area contributed by atoms with Crippen LogP contribution in [-0.4, -0.2) is 62.7 Å². The van der Waals surface area contributed by atoms with Gasteiger partial charge in [-0.2, -0.15) is 0 Å². The molecule has 6 nitrogen and oxygen atoms in total. The van der Waals surface area contributed by atoms with E-state index in [0.29, 0.717) is 6.42 Å².